The van der Waals surface area contributed by atoms with E-state index in [1.165, 1.54) is 6.07 Å². The number of benzene rings is 1. The number of sulfonamides is 1. The number of carbonyl (C=O) groups excluding carboxylic acids is 1. The van der Waals surface area contributed by atoms with Gasteiger partial charge in [0.05, 0.1) is 4.90 Å². The first-order valence-corrected chi connectivity index (χ1v) is 8.68. The molecule has 0 atom stereocenters. The molecular formula is C15H25N3O3S. The predicted molar refractivity (Wildman–Crippen MR) is 88.2 cm³/mol. The van der Waals surface area contributed by atoms with Gasteiger partial charge in [-0.05, 0) is 58.4 Å². The van der Waals surface area contributed by atoms with Crippen molar-refractivity contribution in [1.29, 1.82) is 0 Å². The Morgan fingerprint density at radius 3 is 2.45 bits per heavy atom. The highest BCUT2D eigenvalue weighted by Crippen LogP contribution is 2.24. The van der Waals surface area contributed by atoms with Gasteiger partial charge in [-0.3, -0.25) is 4.79 Å². The number of carbonyl (C=O) groups is 1. The highest BCUT2D eigenvalue weighted by Gasteiger charge is 2.24. The molecule has 4 N–H and O–H groups in total. The second-order valence-corrected chi connectivity index (χ2v) is 7.88. The van der Waals surface area contributed by atoms with Gasteiger partial charge in [0.1, 0.15) is 0 Å². The van der Waals surface area contributed by atoms with Gasteiger partial charge in [-0.2, -0.15) is 0 Å². The summed E-state index contributed by atoms with van der Waals surface area (Å²) in [6.07, 6.45) is 0.904. The highest BCUT2D eigenvalue weighted by molar-refractivity contribution is 7.89. The quantitative estimate of drug-likeness (QED) is 0.741. The zero-order chi connectivity index (χ0) is 17.0. The van der Waals surface area contributed by atoms with Crippen LogP contribution in [-0.2, 0) is 14.8 Å². The maximum absolute atomic E-state index is 12.4. The first-order chi connectivity index (χ1) is 10.1. The van der Waals surface area contributed by atoms with Crippen LogP contribution in [0, 0.1) is 6.92 Å². The first-order valence-electron chi connectivity index (χ1n) is 7.20. The summed E-state index contributed by atoms with van der Waals surface area (Å²) in [5.74, 6) is -0.174. The predicted octanol–water partition coefficient (Wildman–Crippen LogP) is 1.75. The average molecular weight is 327 g/mol. The van der Waals surface area contributed by atoms with E-state index >= 15 is 0 Å². The van der Waals surface area contributed by atoms with E-state index in [2.05, 4.69) is 10.0 Å². The van der Waals surface area contributed by atoms with Crippen molar-refractivity contribution in [2.24, 2.45) is 5.73 Å². The van der Waals surface area contributed by atoms with Crippen molar-refractivity contribution in [2.75, 3.05) is 11.9 Å². The van der Waals surface area contributed by atoms with E-state index in [1.807, 2.05) is 0 Å². The zero-order valence-electron chi connectivity index (χ0n) is 13.6. The van der Waals surface area contributed by atoms with E-state index in [4.69, 9.17) is 5.73 Å². The molecule has 0 unspecified atom stereocenters. The van der Waals surface area contributed by atoms with Crippen molar-refractivity contribution in [3.8, 4) is 0 Å². The number of amides is 1. The maximum Gasteiger partial charge on any atom is 0.241 e. The molecule has 0 aromatic heterocycles. The van der Waals surface area contributed by atoms with Gasteiger partial charge in [0.2, 0.25) is 15.9 Å². The SMILES string of the molecule is Cc1c(NC(=O)CCCN)cccc1S(=O)(=O)NC(C)(C)C. The summed E-state index contributed by atoms with van der Waals surface area (Å²) in [6, 6.07) is 4.83. The van der Waals surface area contributed by atoms with Gasteiger partial charge >= 0.3 is 0 Å². The molecule has 0 aliphatic rings. The van der Waals surface area contributed by atoms with Gasteiger partial charge in [0.15, 0.2) is 0 Å². The van der Waals surface area contributed by atoms with Gasteiger partial charge in [0, 0.05) is 17.6 Å². The van der Waals surface area contributed by atoms with Crippen molar-refractivity contribution in [3.05, 3.63) is 23.8 Å². The fourth-order valence-electron chi connectivity index (χ4n) is 1.97. The minimum absolute atomic E-state index is 0.166. The van der Waals surface area contributed by atoms with Crippen molar-refractivity contribution in [3.63, 3.8) is 0 Å². The number of hydrogen-bond donors (Lipinski definition) is 3. The molecule has 1 aromatic rings. The Balaban J connectivity index is 3.05. The summed E-state index contributed by atoms with van der Waals surface area (Å²) >= 11 is 0. The molecule has 0 bridgehead atoms. The lowest BCUT2D eigenvalue weighted by molar-refractivity contribution is -0.116. The maximum atomic E-state index is 12.4. The van der Waals surface area contributed by atoms with Crippen molar-refractivity contribution in [2.45, 2.75) is 51.0 Å². The smallest absolute Gasteiger partial charge is 0.241 e. The number of hydrogen-bond acceptors (Lipinski definition) is 4. The molecule has 0 saturated carbocycles. The Kier molecular flexibility index (Phi) is 6.10. The highest BCUT2D eigenvalue weighted by atomic mass is 32.2. The van der Waals surface area contributed by atoms with E-state index < -0.39 is 15.6 Å². The van der Waals surface area contributed by atoms with Gasteiger partial charge in [-0.25, -0.2) is 13.1 Å². The molecule has 124 valence electrons. The fraction of sp³-hybridized carbons (Fsp3) is 0.533. The molecule has 1 amide bonds. The lowest BCUT2D eigenvalue weighted by atomic mass is 10.1. The normalized spacial score (nSPS) is 12.2. The van der Waals surface area contributed by atoms with Gasteiger partial charge in [-0.1, -0.05) is 6.07 Å². The number of nitrogens with two attached hydrogens (primary N) is 1. The molecular weight excluding hydrogens is 302 g/mol. The standard InChI is InChI=1S/C15H25N3O3S/c1-11-12(17-14(19)9-6-10-16)7-5-8-13(11)22(20,21)18-15(2,3)4/h5,7-8,18H,6,9-10,16H2,1-4H3,(H,17,19). The van der Waals surface area contributed by atoms with Crippen molar-refractivity contribution >= 4 is 21.6 Å². The van der Waals surface area contributed by atoms with Crippen LogP contribution in [0.25, 0.3) is 0 Å². The van der Waals surface area contributed by atoms with Crippen LogP contribution in [0.1, 0.15) is 39.2 Å². The van der Waals surface area contributed by atoms with Gasteiger partial charge in [-0.15, -0.1) is 0 Å². The van der Waals surface area contributed by atoms with Crippen molar-refractivity contribution < 1.29 is 13.2 Å². The second-order valence-electron chi connectivity index (χ2n) is 6.22. The zero-order valence-corrected chi connectivity index (χ0v) is 14.4. The van der Waals surface area contributed by atoms with E-state index in [0.717, 1.165) is 0 Å². The minimum Gasteiger partial charge on any atom is -0.330 e. The molecule has 0 radical (unpaired) electrons. The van der Waals surface area contributed by atoms with E-state index in [-0.39, 0.29) is 10.8 Å². The minimum atomic E-state index is -3.65. The first kappa shape index (κ1) is 18.6. The summed E-state index contributed by atoms with van der Waals surface area (Å²) in [5.41, 5.74) is 5.81. The molecule has 1 aromatic carbocycles. The molecule has 0 aliphatic carbocycles. The van der Waals surface area contributed by atoms with Gasteiger partial charge < -0.3 is 11.1 Å². The second kappa shape index (κ2) is 7.21. The summed E-state index contributed by atoms with van der Waals surface area (Å²) in [6.45, 7) is 7.45. The average Bonchev–Trinajstić information content (AvgIpc) is 2.35. The summed E-state index contributed by atoms with van der Waals surface area (Å²) in [5, 5.41) is 2.73. The molecule has 0 heterocycles. The van der Waals surface area contributed by atoms with Gasteiger partial charge in [0.25, 0.3) is 0 Å². The summed E-state index contributed by atoms with van der Waals surface area (Å²) < 4.78 is 27.5. The lowest BCUT2D eigenvalue weighted by Crippen LogP contribution is -2.40. The van der Waals surface area contributed by atoms with E-state index in [0.29, 0.717) is 30.6 Å². The van der Waals surface area contributed by atoms with E-state index in [1.54, 1.807) is 39.8 Å². The van der Waals surface area contributed by atoms with Crippen LogP contribution in [0.3, 0.4) is 0 Å². The number of nitrogens with one attached hydrogen (secondary N) is 2. The van der Waals surface area contributed by atoms with Crippen LogP contribution in [0.4, 0.5) is 5.69 Å². The summed E-state index contributed by atoms with van der Waals surface area (Å²) in [7, 11) is -3.65. The third-order valence-electron chi connectivity index (χ3n) is 2.90. The molecule has 0 fully saturated rings. The molecule has 0 spiro atoms. The van der Waals surface area contributed by atoms with E-state index in [9.17, 15) is 13.2 Å². The third kappa shape index (κ3) is 5.40. The largest absolute Gasteiger partial charge is 0.330 e. The molecule has 1 rings (SSSR count). The Labute approximate surface area is 132 Å². The lowest BCUT2D eigenvalue weighted by Gasteiger charge is -2.22. The van der Waals surface area contributed by atoms with Crippen molar-refractivity contribution in [1.82, 2.24) is 4.72 Å². The van der Waals surface area contributed by atoms with Crippen LogP contribution in [0.2, 0.25) is 0 Å². The molecule has 6 nitrogen and oxygen atoms in total. The van der Waals surface area contributed by atoms with Crippen LogP contribution in [-0.4, -0.2) is 26.4 Å². The Morgan fingerprint density at radius 2 is 1.91 bits per heavy atom. The van der Waals surface area contributed by atoms with Crippen LogP contribution in [0.15, 0.2) is 23.1 Å². The molecule has 0 aliphatic heterocycles. The Bertz CT molecular complexity index is 634. The number of rotatable bonds is 6. The third-order valence-corrected chi connectivity index (χ3v) is 4.80. The Morgan fingerprint density at radius 1 is 1.27 bits per heavy atom. The Hall–Kier alpha value is -1.44. The molecule has 0 saturated heterocycles. The van der Waals surface area contributed by atoms with Crippen LogP contribution < -0.4 is 15.8 Å². The number of anilines is 1. The van der Waals surface area contributed by atoms with Crippen LogP contribution in [0.5, 0.6) is 0 Å². The van der Waals surface area contributed by atoms with Crippen LogP contribution >= 0.6 is 0 Å². The topological polar surface area (TPSA) is 101 Å². The summed E-state index contributed by atoms with van der Waals surface area (Å²) in [4.78, 5) is 11.9. The molecule has 7 heteroatoms. The monoisotopic (exact) mass is 327 g/mol. The molecule has 22 heavy (non-hydrogen) atoms. The fourth-order valence-corrected chi connectivity index (χ4v) is 3.66.